The maximum atomic E-state index is 4.99. The minimum Gasteiger partial charge on any atom is -0.309 e. The number of hydrogen-bond donors (Lipinski definition) is 0. The van der Waals surface area contributed by atoms with Gasteiger partial charge in [0.25, 0.3) is 0 Å². The van der Waals surface area contributed by atoms with E-state index in [4.69, 9.17) is 5.32 Å². The van der Waals surface area contributed by atoms with Crippen LogP contribution in [0.15, 0.2) is 164 Å². The average molecular weight is 598 g/mol. The van der Waals surface area contributed by atoms with E-state index < -0.39 is 0 Å². The molecule has 0 saturated carbocycles. The Morgan fingerprint density at radius 3 is 1.81 bits per heavy atom. The molecule has 1 aromatic heterocycles. The maximum Gasteiger partial charge on any atom is 0.0795 e. The summed E-state index contributed by atoms with van der Waals surface area (Å²) in [5.74, 6) is 0. The van der Waals surface area contributed by atoms with Crippen LogP contribution in [0.1, 0.15) is 0 Å². The number of aromatic nitrogens is 1. The highest BCUT2D eigenvalue weighted by Gasteiger charge is 2.31. The van der Waals surface area contributed by atoms with E-state index in [9.17, 15) is 0 Å². The Morgan fingerprint density at radius 2 is 1.02 bits per heavy atom. The number of fused-ring (bicyclic) bond motifs is 6. The molecule has 8 aromatic rings. The molecular weight excluding hydrogens is 571 g/mol. The van der Waals surface area contributed by atoms with Crippen LogP contribution >= 0.6 is 0 Å². The van der Waals surface area contributed by atoms with E-state index in [0.29, 0.717) is 0 Å². The number of nitrogens with zero attached hydrogens (tertiary/aromatic N) is 3. The number of rotatable bonds is 3. The quantitative estimate of drug-likeness (QED) is 0.194. The molecule has 0 atom stereocenters. The van der Waals surface area contributed by atoms with E-state index in [-0.39, 0.29) is 0 Å². The van der Waals surface area contributed by atoms with Gasteiger partial charge in [-0.15, -0.1) is 0 Å². The summed E-state index contributed by atoms with van der Waals surface area (Å²) >= 11 is 0. The van der Waals surface area contributed by atoms with Crippen LogP contribution in [0.4, 0.5) is 22.7 Å². The van der Waals surface area contributed by atoms with E-state index in [1.165, 1.54) is 66.7 Å². The lowest BCUT2D eigenvalue weighted by molar-refractivity contribution is 1.13. The minimum atomic E-state index is 1.09. The number of para-hydroxylation sites is 3. The molecule has 3 nitrogen and oxygen atoms in total. The van der Waals surface area contributed by atoms with Crippen LogP contribution in [-0.2, 0) is 0 Å². The van der Waals surface area contributed by atoms with Gasteiger partial charge >= 0.3 is 0 Å². The molecule has 0 unspecified atom stereocenters. The minimum absolute atomic E-state index is 1.09. The lowest BCUT2D eigenvalue weighted by atomic mass is 9.99. The van der Waals surface area contributed by atoms with Gasteiger partial charge in [0.2, 0.25) is 0 Å². The van der Waals surface area contributed by atoms with Gasteiger partial charge in [0.15, 0.2) is 0 Å². The monoisotopic (exact) mass is 597 g/mol. The highest BCUT2D eigenvalue weighted by atomic mass is 15.0. The van der Waals surface area contributed by atoms with Crippen molar-refractivity contribution in [1.82, 2.24) is 15.2 Å². The Kier molecular flexibility index (Phi) is 5.57. The number of benzene rings is 7. The summed E-state index contributed by atoms with van der Waals surface area (Å²) in [6.07, 6.45) is 0. The summed E-state index contributed by atoms with van der Waals surface area (Å²) < 4.78 is 2.36. The van der Waals surface area contributed by atoms with Gasteiger partial charge in [0.1, 0.15) is 0 Å². The normalized spacial score (nSPS) is 12.2. The molecule has 0 saturated heterocycles. The van der Waals surface area contributed by atoms with Gasteiger partial charge in [-0.25, -0.2) is 10.6 Å². The van der Waals surface area contributed by atoms with Crippen LogP contribution in [0.5, 0.6) is 0 Å². The van der Waals surface area contributed by atoms with Crippen LogP contribution < -0.4 is 10.6 Å². The Bertz CT molecular complexity index is 2460. The van der Waals surface area contributed by atoms with E-state index in [0.717, 1.165) is 28.4 Å². The average Bonchev–Trinajstić information content (AvgIpc) is 3.89. The third-order valence-electron chi connectivity index (χ3n) is 9.52. The van der Waals surface area contributed by atoms with Crippen molar-refractivity contribution in [1.29, 1.82) is 0 Å². The van der Waals surface area contributed by atoms with Gasteiger partial charge in [-0.05, 0) is 76.9 Å². The molecule has 2 aliphatic heterocycles. The highest BCUT2D eigenvalue weighted by molar-refractivity contribution is 6.10. The zero-order valence-corrected chi connectivity index (χ0v) is 25.4. The van der Waals surface area contributed by atoms with Gasteiger partial charge in [-0.2, -0.15) is 0 Å². The van der Waals surface area contributed by atoms with Gasteiger partial charge in [-0.3, -0.25) is 0 Å². The molecule has 0 spiro atoms. The Balaban J connectivity index is 0.000000183. The first-order valence-electron chi connectivity index (χ1n) is 16.0. The molecule has 11 rings (SSSR count). The second-order valence-electron chi connectivity index (χ2n) is 12.2. The molecule has 3 heteroatoms. The van der Waals surface area contributed by atoms with Crippen LogP contribution in [0.3, 0.4) is 0 Å². The van der Waals surface area contributed by atoms with Crippen LogP contribution in [0.25, 0.3) is 72.4 Å². The van der Waals surface area contributed by atoms with Crippen molar-refractivity contribution >= 4 is 33.7 Å². The van der Waals surface area contributed by atoms with E-state index >= 15 is 0 Å². The molecule has 218 valence electrons. The predicted molar refractivity (Wildman–Crippen MR) is 193 cm³/mol. The van der Waals surface area contributed by atoms with Gasteiger partial charge in [0, 0.05) is 38.9 Å². The van der Waals surface area contributed by atoms with Gasteiger partial charge in [-0.1, -0.05) is 109 Å². The topological polar surface area (TPSA) is 33.1 Å². The van der Waals surface area contributed by atoms with Crippen molar-refractivity contribution in [3.8, 4) is 61.5 Å². The maximum absolute atomic E-state index is 4.99. The zero-order chi connectivity index (χ0) is 30.9. The summed E-state index contributed by atoms with van der Waals surface area (Å²) in [7, 11) is 0. The molecule has 47 heavy (non-hydrogen) atoms. The molecular formula is C44H27N3. The predicted octanol–water partition coefficient (Wildman–Crippen LogP) is 11.7. The Labute approximate surface area is 273 Å². The second-order valence-corrected chi connectivity index (χ2v) is 12.2. The van der Waals surface area contributed by atoms with Gasteiger partial charge < -0.3 is 4.57 Å². The summed E-state index contributed by atoms with van der Waals surface area (Å²) in [5.41, 5.74) is 19.3. The van der Waals surface area contributed by atoms with E-state index in [2.05, 4.69) is 162 Å². The fourth-order valence-electron chi connectivity index (χ4n) is 7.37. The molecule has 7 aromatic carbocycles. The molecule has 0 fully saturated rings. The Morgan fingerprint density at radius 1 is 0.383 bits per heavy atom. The van der Waals surface area contributed by atoms with Crippen molar-refractivity contribution < 1.29 is 0 Å². The lowest BCUT2D eigenvalue weighted by Gasteiger charge is -2.14. The van der Waals surface area contributed by atoms with Crippen molar-refractivity contribution in [3.05, 3.63) is 164 Å². The van der Waals surface area contributed by atoms with E-state index in [1.807, 2.05) is 12.1 Å². The second kappa shape index (κ2) is 10.1. The fraction of sp³-hybridized carbons (Fsp3) is 0. The lowest BCUT2D eigenvalue weighted by Crippen LogP contribution is -1.97. The molecule has 3 heterocycles. The summed E-state index contributed by atoms with van der Waals surface area (Å²) in [4.78, 5) is 0. The zero-order valence-electron chi connectivity index (χ0n) is 25.4. The summed E-state index contributed by atoms with van der Waals surface area (Å²) in [6, 6.07) is 57.9. The number of hydrogen-bond acceptors (Lipinski definition) is 0. The molecule has 2 radical (unpaired) electrons. The first-order valence-corrected chi connectivity index (χ1v) is 16.0. The smallest absolute Gasteiger partial charge is 0.0795 e. The van der Waals surface area contributed by atoms with Crippen LogP contribution in [0, 0.1) is 0 Å². The first-order chi connectivity index (χ1) is 23.3. The van der Waals surface area contributed by atoms with Gasteiger partial charge in [0.05, 0.1) is 34.0 Å². The van der Waals surface area contributed by atoms with Crippen LogP contribution in [0.2, 0.25) is 0 Å². The standard InChI is InChI=1S/C32H19N2.C12H8N/c1-2-7-21(8-3-1)30-19-22-9-4-5-12-29(22)34(30)24-15-13-20(14-16-24)26-17-23-18-27-31-25(23)10-6-11-28(31)33-32(26)27;1-3-7-11-9(5-1)10-6-2-4-8-12(10)13-11/h1-19H;1-8H. The van der Waals surface area contributed by atoms with Crippen molar-refractivity contribution in [2.24, 2.45) is 0 Å². The highest BCUT2D eigenvalue weighted by Crippen LogP contribution is 2.57. The molecule has 1 aliphatic carbocycles. The van der Waals surface area contributed by atoms with Crippen molar-refractivity contribution in [3.63, 3.8) is 0 Å². The fourth-order valence-corrected chi connectivity index (χ4v) is 7.37. The third kappa shape index (κ3) is 4.00. The molecule has 2 bridgehead atoms. The summed E-state index contributed by atoms with van der Waals surface area (Å²) in [6.45, 7) is 0. The summed E-state index contributed by atoms with van der Waals surface area (Å²) in [5, 5.41) is 10.7. The van der Waals surface area contributed by atoms with E-state index in [1.54, 1.807) is 0 Å². The molecule has 0 amide bonds. The van der Waals surface area contributed by atoms with Crippen LogP contribution in [-0.4, -0.2) is 4.57 Å². The molecule has 0 N–H and O–H groups in total. The largest absolute Gasteiger partial charge is 0.309 e. The van der Waals surface area contributed by atoms with Crippen molar-refractivity contribution in [2.75, 3.05) is 0 Å². The Hall–Kier alpha value is -6.32. The van der Waals surface area contributed by atoms with Crippen molar-refractivity contribution in [2.45, 2.75) is 0 Å². The first kappa shape index (κ1) is 26.0. The molecule has 3 aliphatic rings. The SMILES string of the molecule is c1ccc(-c2cc3ccccc3n2-c2ccc(-c3cc4cc5c3[N]c3cccc-4c3-5)cc2)cc1.c1ccc2c(c1)[N]c1ccccc1-2. The third-order valence-corrected chi connectivity index (χ3v) is 9.52.